The number of allylic oxidation sites excluding steroid dienone is 1. The molecule has 1 rings (SSSR count). The summed E-state index contributed by atoms with van der Waals surface area (Å²) in [6, 6.07) is 2.18. The lowest BCUT2D eigenvalue weighted by molar-refractivity contribution is -0.114. The van der Waals surface area contributed by atoms with Gasteiger partial charge in [0.05, 0.1) is 31.9 Å². The van der Waals surface area contributed by atoms with Crippen molar-refractivity contribution in [2.45, 2.75) is 19.3 Å². The zero-order valence-electron chi connectivity index (χ0n) is 11.6. The Kier molecular flexibility index (Phi) is 5.47. The molecular weight excluding hydrogens is 260 g/mol. The molecular formula is C13H16N4O3. The number of nitrogens with one attached hydrogen (secondary N) is 1. The first-order valence-corrected chi connectivity index (χ1v) is 5.85. The van der Waals surface area contributed by atoms with Crippen molar-refractivity contribution < 1.29 is 14.3 Å². The summed E-state index contributed by atoms with van der Waals surface area (Å²) in [5, 5.41) is 11.8. The summed E-state index contributed by atoms with van der Waals surface area (Å²) in [5.74, 6) is -0.750. The Morgan fingerprint density at radius 2 is 2.20 bits per heavy atom. The van der Waals surface area contributed by atoms with Crippen molar-refractivity contribution in [1.29, 1.82) is 5.26 Å². The Bertz CT molecular complexity index is 551. The first kappa shape index (κ1) is 15.4. The van der Waals surface area contributed by atoms with Gasteiger partial charge in [0.2, 0.25) is 11.8 Å². The van der Waals surface area contributed by atoms with Crippen LogP contribution in [0.4, 0.5) is 5.69 Å². The van der Waals surface area contributed by atoms with Crippen LogP contribution in [-0.2, 0) is 4.79 Å². The SMILES string of the molecule is C=CC[C@@H](C#N)c1nc(OC)nc(OC)c1NC(C)=O. The van der Waals surface area contributed by atoms with Crippen molar-refractivity contribution in [1.82, 2.24) is 9.97 Å². The summed E-state index contributed by atoms with van der Waals surface area (Å²) in [4.78, 5) is 19.4. The van der Waals surface area contributed by atoms with Gasteiger partial charge in [-0.15, -0.1) is 6.58 Å². The molecule has 0 saturated carbocycles. The van der Waals surface area contributed by atoms with Crippen LogP contribution in [0.25, 0.3) is 0 Å². The van der Waals surface area contributed by atoms with Crippen molar-refractivity contribution in [3.05, 3.63) is 18.3 Å². The molecule has 106 valence electrons. The van der Waals surface area contributed by atoms with E-state index in [2.05, 4.69) is 27.9 Å². The summed E-state index contributed by atoms with van der Waals surface area (Å²) in [5.41, 5.74) is 0.612. The normalized spacial score (nSPS) is 11.1. The second-order valence-electron chi connectivity index (χ2n) is 3.87. The quantitative estimate of drug-likeness (QED) is 0.793. The van der Waals surface area contributed by atoms with Gasteiger partial charge < -0.3 is 14.8 Å². The van der Waals surface area contributed by atoms with Crippen molar-refractivity contribution in [3.8, 4) is 18.0 Å². The molecule has 0 spiro atoms. The third kappa shape index (κ3) is 3.45. The Morgan fingerprint density at radius 3 is 2.65 bits per heavy atom. The van der Waals surface area contributed by atoms with Crippen molar-refractivity contribution >= 4 is 11.6 Å². The lowest BCUT2D eigenvalue weighted by Crippen LogP contribution is -2.14. The highest BCUT2D eigenvalue weighted by molar-refractivity contribution is 5.91. The molecule has 1 heterocycles. The molecule has 1 aromatic heterocycles. The zero-order chi connectivity index (χ0) is 15.1. The van der Waals surface area contributed by atoms with Gasteiger partial charge in [-0.25, -0.2) is 0 Å². The number of aromatic nitrogens is 2. The number of ether oxygens (including phenoxy) is 2. The molecule has 0 aliphatic carbocycles. The topological polar surface area (TPSA) is 97.1 Å². The number of hydrogen-bond acceptors (Lipinski definition) is 6. The molecule has 1 amide bonds. The molecule has 0 radical (unpaired) electrons. The van der Waals surface area contributed by atoms with Crippen molar-refractivity contribution in [2.24, 2.45) is 0 Å². The molecule has 0 bridgehead atoms. The molecule has 0 unspecified atom stereocenters. The number of hydrogen-bond donors (Lipinski definition) is 1. The molecule has 0 fully saturated rings. The number of amides is 1. The summed E-state index contributed by atoms with van der Waals surface area (Å²) >= 11 is 0. The molecule has 7 nitrogen and oxygen atoms in total. The number of rotatable bonds is 6. The average molecular weight is 276 g/mol. The minimum Gasteiger partial charge on any atom is -0.479 e. The maximum atomic E-state index is 11.3. The fourth-order valence-electron chi connectivity index (χ4n) is 1.61. The Morgan fingerprint density at radius 1 is 1.50 bits per heavy atom. The Balaban J connectivity index is 3.46. The van der Waals surface area contributed by atoms with Crippen LogP contribution >= 0.6 is 0 Å². The molecule has 1 N–H and O–H groups in total. The van der Waals surface area contributed by atoms with Crippen LogP contribution in [0.15, 0.2) is 12.7 Å². The zero-order valence-corrected chi connectivity index (χ0v) is 11.6. The smallest absolute Gasteiger partial charge is 0.319 e. The van der Waals surface area contributed by atoms with E-state index in [9.17, 15) is 10.1 Å². The van der Waals surface area contributed by atoms with E-state index in [-0.39, 0.29) is 23.5 Å². The first-order chi connectivity index (χ1) is 9.57. The van der Waals surface area contributed by atoms with E-state index >= 15 is 0 Å². The largest absolute Gasteiger partial charge is 0.479 e. The van der Waals surface area contributed by atoms with Gasteiger partial charge in [-0.3, -0.25) is 4.79 Å². The molecule has 0 saturated heterocycles. The fourth-order valence-corrected chi connectivity index (χ4v) is 1.61. The lowest BCUT2D eigenvalue weighted by atomic mass is 10.0. The van der Waals surface area contributed by atoms with Gasteiger partial charge in [-0.05, 0) is 6.42 Å². The van der Waals surface area contributed by atoms with E-state index in [1.807, 2.05) is 0 Å². The molecule has 0 aliphatic heterocycles. The van der Waals surface area contributed by atoms with Gasteiger partial charge in [-0.2, -0.15) is 15.2 Å². The predicted octanol–water partition coefficient (Wildman–Crippen LogP) is 1.64. The monoisotopic (exact) mass is 276 g/mol. The standard InChI is InChI=1S/C13H16N4O3/c1-5-6-9(7-14)10-11(15-8(2)18)12(19-3)17-13(16-10)20-4/h5,9H,1,6H2,2-4H3,(H,15,18)/t9-/m0/s1. The van der Waals surface area contributed by atoms with E-state index in [0.717, 1.165) is 0 Å². The predicted molar refractivity (Wildman–Crippen MR) is 72.6 cm³/mol. The molecule has 1 aromatic rings. The van der Waals surface area contributed by atoms with Gasteiger partial charge >= 0.3 is 6.01 Å². The van der Waals surface area contributed by atoms with Gasteiger partial charge in [0, 0.05) is 6.92 Å². The Hall–Kier alpha value is -2.62. The summed E-state index contributed by atoms with van der Waals surface area (Å²) in [6.45, 7) is 4.95. The van der Waals surface area contributed by atoms with Crippen molar-refractivity contribution in [2.75, 3.05) is 19.5 Å². The van der Waals surface area contributed by atoms with Gasteiger partial charge in [0.25, 0.3) is 0 Å². The fraction of sp³-hybridized carbons (Fsp3) is 0.385. The summed E-state index contributed by atoms with van der Waals surface area (Å²) in [6.07, 6.45) is 1.99. The van der Waals surface area contributed by atoms with E-state index in [1.54, 1.807) is 6.08 Å². The Labute approximate surface area is 117 Å². The van der Waals surface area contributed by atoms with Crippen LogP contribution in [0.2, 0.25) is 0 Å². The second kappa shape index (κ2) is 7.09. The van der Waals surface area contributed by atoms with Crippen LogP contribution in [0.5, 0.6) is 11.9 Å². The number of nitriles is 1. The van der Waals surface area contributed by atoms with Crippen LogP contribution in [0.3, 0.4) is 0 Å². The van der Waals surface area contributed by atoms with E-state index in [4.69, 9.17) is 9.47 Å². The summed E-state index contributed by atoms with van der Waals surface area (Å²) < 4.78 is 10.1. The highest BCUT2D eigenvalue weighted by Gasteiger charge is 2.23. The minimum absolute atomic E-state index is 0.0651. The number of methoxy groups -OCH3 is 2. The second-order valence-corrected chi connectivity index (χ2v) is 3.87. The van der Waals surface area contributed by atoms with Gasteiger partial charge in [0.15, 0.2) is 0 Å². The highest BCUT2D eigenvalue weighted by atomic mass is 16.5. The maximum Gasteiger partial charge on any atom is 0.319 e. The number of nitrogens with zero attached hydrogens (tertiary/aromatic N) is 3. The van der Waals surface area contributed by atoms with Crippen molar-refractivity contribution in [3.63, 3.8) is 0 Å². The molecule has 20 heavy (non-hydrogen) atoms. The van der Waals surface area contributed by atoms with Gasteiger partial charge in [0.1, 0.15) is 5.69 Å². The molecule has 1 atom stereocenters. The minimum atomic E-state index is -0.583. The highest BCUT2D eigenvalue weighted by Crippen LogP contribution is 2.33. The molecule has 0 aromatic carbocycles. The number of anilines is 1. The van der Waals surface area contributed by atoms with E-state index < -0.39 is 5.92 Å². The molecule has 7 heteroatoms. The summed E-state index contributed by atoms with van der Waals surface area (Å²) in [7, 11) is 2.82. The van der Waals surface area contributed by atoms with E-state index in [0.29, 0.717) is 12.1 Å². The van der Waals surface area contributed by atoms with E-state index in [1.165, 1.54) is 21.1 Å². The van der Waals surface area contributed by atoms with Crippen LogP contribution in [0, 0.1) is 11.3 Å². The van der Waals surface area contributed by atoms with Crippen LogP contribution in [-0.4, -0.2) is 30.1 Å². The number of carbonyl (C=O) groups is 1. The van der Waals surface area contributed by atoms with Crippen LogP contribution in [0.1, 0.15) is 25.0 Å². The molecule has 0 aliphatic rings. The van der Waals surface area contributed by atoms with Gasteiger partial charge in [-0.1, -0.05) is 6.08 Å². The van der Waals surface area contributed by atoms with Crippen LogP contribution < -0.4 is 14.8 Å². The maximum absolute atomic E-state index is 11.3. The third-order valence-electron chi connectivity index (χ3n) is 2.45. The average Bonchev–Trinajstić information content (AvgIpc) is 2.44. The number of carbonyl (C=O) groups excluding carboxylic acids is 1. The third-order valence-corrected chi connectivity index (χ3v) is 2.45. The first-order valence-electron chi connectivity index (χ1n) is 5.85. The lowest BCUT2D eigenvalue weighted by Gasteiger charge is -2.16.